The highest BCUT2D eigenvalue weighted by Crippen LogP contribution is 2.49. The van der Waals surface area contributed by atoms with Gasteiger partial charge in [-0.3, -0.25) is 23.2 Å². The Hall–Kier alpha value is -3.16. The first-order chi connectivity index (χ1) is 32.9. The van der Waals surface area contributed by atoms with Crippen molar-refractivity contribution in [3.05, 3.63) is 97.2 Å². The van der Waals surface area contributed by atoms with Gasteiger partial charge in [0.05, 0.1) is 18.8 Å². The number of aliphatic hydroxyl groups is 6. The van der Waals surface area contributed by atoms with E-state index < -0.39 is 95.7 Å². The molecule has 9 N–H and O–H groups in total. The SMILES string of the molecule is CC/C=C\C/C=C\C/C=C\C/C=C\CCCCCCC(=O)OC[C@H](COP(=O)(O)O[C@H]1C(O)C(O)C(O)[C@@H](OP(=O)(O)O)C1O)OC(=O)CCC[C@@H](O)\C=C/C=C/C=C/[C@@H](O)C/C=C\CCCCC. The molecule has 0 aromatic carbocycles. The molecule has 1 fully saturated rings. The maximum absolute atomic E-state index is 13.0. The molecule has 1 saturated carbocycles. The number of rotatable bonds is 38. The van der Waals surface area contributed by atoms with E-state index in [0.717, 1.165) is 70.6 Å². The summed E-state index contributed by atoms with van der Waals surface area (Å²) in [5.41, 5.74) is 0. The fraction of sp³-hybridized carbons (Fsp3) is 0.633. The number of phosphoric ester groups is 2. The number of allylic oxidation sites excluding steroid dienone is 13. The molecular formula is C49H80O18P2. The predicted molar refractivity (Wildman–Crippen MR) is 262 cm³/mol. The second kappa shape index (κ2) is 38.5. The zero-order chi connectivity index (χ0) is 51.3. The van der Waals surface area contributed by atoms with Gasteiger partial charge in [-0.05, 0) is 77.0 Å². The van der Waals surface area contributed by atoms with Gasteiger partial charge in [0.25, 0.3) is 0 Å². The average Bonchev–Trinajstić information content (AvgIpc) is 3.29. The van der Waals surface area contributed by atoms with Crippen LogP contribution in [0.25, 0.3) is 0 Å². The lowest BCUT2D eigenvalue weighted by molar-refractivity contribution is -0.216. The summed E-state index contributed by atoms with van der Waals surface area (Å²) in [6.45, 7) is 2.70. The number of unbranched alkanes of at least 4 members (excludes halogenated alkanes) is 7. The smallest absolute Gasteiger partial charge is 0.462 e. The number of aliphatic hydroxyl groups excluding tert-OH is 6. The van der Waals surface area contributed by atoms with Crippen molar-refractivity contribution in [2.45, 2.75) is 184 Å². The predicted octanol–water partition coefficient (Wildman–Crippen LogP) is 7.11. The van der Waals surface area contributed by atoms with E-state index in [0.29, 0.717) is 12.8 Å². The van der Waals surface area contributed by atoms with Gasteiger partial charge in [-0.2, -0.15) is 0 Å². The van der Waals surface area contributed by atoms with E-state index in [9.17, 15) is 64.0 Å². The summed E-state index contributed by atoms with van der Waals surface area (Å²) in [6, 6.07) is 0. The molecule has 10 atom stereocenters. The summed E-state index contributed by atoms with van der Waals surface area (Å²) in [4.78, 5) is 54.3. The Morgan fingerprint density at radius 3 is 1.71 bits per heavy atom. The maximum atomic E-state index is 13.0. The van der Waals surface area contributed by atoms with Crippen LogP contribution in [-0.4, -0.2) is 125 Å². The quantitative estimate of drug-likeness (QED) is 0.00978. The molecule has 0 spiro atoms. The maximum Gasteiger partial charge on any atom is 0.472 e. The van der Waals surface area contributed by atoms with Gasteiger partial charge in [-0.25, -0.2) is 9.13 Å². The van der Waals surface area contributed by atoms with E-state index in [1.54, 1.807) is 30.4 Å². The van der Waals surface area contributed by atoms with E-state index in [1.165, 1.54) is 12.5 Å². The monoisotopic (exact) mass is 1020 g/mol. The third-order valence-corrected chi connectivity index (χ3v) is 11.8. The Balaban J connectivity index is 2.73. The first-order valence-corrected chi connectivity index (χ1v) is 27.0. The van der Waals surface area contributed by atoms with Gasteiger partial charge in [0.1, 0.15) is 43.2 Å². The normalized spacial score (nSPS) is 22.9. The fourth-order valence-corrected chi connectivity index (χ4v) is 8.10. The van der Waals surface area contributed by atoms with Crippen molar-refractivity contribution in [1.82, 2.24) is 0 Å². The van der Waals surface area contributed by atoms with Crippen LogP contribution < -0.4 is 0 Å². The molecule has 5 unspecified atom stereocenters. The summed E-state index contributed by atoms with van der Waals surface area (Å²) in [6.07, 6.45) is 26.9. The number of ether oxygens (including phenoxy) is 2. The van der Waals surface area contributed by atoms with Gasteiger partial charge in [0, 0.05) is 12.8 Å². The van der Waals surface area contributed by atoms with Crippen molar-refractivity contribution in [3.8, 4) is 0 Å². The van der Waals surface area contributed by atoms with Crippen molar-refractivity contribution in [1.29, 1.82) is 0 Å². The van der Waals surface area contributed by atoms with E-state index in [-0.39, 0.29) is 25.7 Å². The van der Waals surface area contributed by atoms with Gasteiger partial charge in [-0.15, -0.1) is 0 Å². The molecule has 1 aliphatic rings. The first-order valence-electron chi connectivity index (χ1n) is 24.0. The van der Waals surface area contributed by atoms with Crippen LogP contribution in [0.5, 0.6) is 0 Å². The molecule has 1 aliphatic carbocycles. The number of carbonyl (C=O) groups excluding carboxylic acids is 2. The van der Waals surface area contributed by atoms with Gasteiger partial charge in [0.2, 0.25) is 0 Å². The Labute approximate surface area is 408 Å². The topological polar surface area (TPSA) is 296 Å². The number of hydrogen-bond acceptors (Lipinski definition) is 15. The van der Waals surface area contributed by atoms with Crippen molar-refractivity contribution in [3.63, 3.8) is 0 Å². The summed E-state index contributed by atoms with van der Waals surface area (Å²) < 4.78 is 49.2. The van der Waals surface area contributed by atoms with Gasteiger partial charge in [0.15, 0.2) is 6.10 Å². The summed E-state index contributed by atoms with van der Waals surface area (Å²) in [5.74, 6) is -1.48. The highest BCUT2D eigenvalue weighted by atomic mass is 31.2. The lowest BCUT2D eigenvalue weighted by atomic mass is 9.85. The third-order valence-electron chi connectivity index (χ3n) is 10.3. The second-order valence-corrected chi connectivity index (χ2v) is 19.1. The van der Waals surface area contributed by atoms with Gasteiger partial charge < -0.3 is 54.8 Å². The van der Waals surface area contributed by atoms with E-state index >= 15 is 0 Å². The Morgan fingerprint density at radius 1 is 0.565 bits per heavy atom. The van der Waals surface area contributed by atoms with E-state index in [1.807, 2.05) is 6.08 Å². The molecular weight excluding hydrogens is 938 g/mol. The van der Waals surface area contributed by atoms with E-state index in [4.69, 9.17) is 18.5 Å². The highest BCUT2D eigenvalue weighted by molar-refractivity contribution is 7.47. The first kappa shape index (κ1) is 63.9. The van der Waals surface area contributed by atoms with Crippen molar-refractivity contribution < 1.29 is 87.1 Å². The number of esters is 2. The van der Waals surface area contributed by atoms with Crippen LogP contribution in [0.3, 0.4) is 0 Å². The van der Waals surface area contributed by atoms with Crippen LogP contribution in [0.1, 0.15) is 129 Å². The Kier molecular flexibility index (Phi) is 35.6. The zero-order valence-corrected chi connectivity index (χ0v) is 42.0. The molecule has 0 aromatic heterocycles. The second-order valence-electron chi connectivity index (χ2n) is 16.5. The van der Waals surface area contributed by atoms with Crippen LogP contribution in [0, 0.1) is 0 Å². The summed E-state index contributed by atoms with van der Waals surface area (Å²) in [5, 5.41) is 61.7. The average molecular weight is 1020 g/mol. The largest absolute Gasteiger partial charge is 0.472 e. The number of phosphoric acid groups is 2. The zero-order valence-electron chi connectivity index (χ0n) is 40.2. The molecule has 0 amide bonds. The lowest BCUT2D eigenvalue weighted by Gasteiger charge is -2.43. The number of carbonyl (C=O) groups is 2. The van der Waals surface area contributed by atoms with Crippen LogP contribution in [-0.2, 0) is 41.8 Å². The molecule has 0 aliphatic heterocycles. The Morgan fingerprint density at radius 2 is 1.10 bits per heavy atom. The minimum atomic E-state index is -5.40. The molecule has 1 rings (SSSR count). The van der Waals surface area contributed by atoms with Crippen LogP contribution >= 0.6 is 15.6 Å². The van der Waals surface area contributed by atoms with Crippen LogP contribution in [0.4, 0.5) is 0 Å². The summed E-state index contributed by atoms with van der Waals surface area (Å²) in [7, 11) is -10.8. The third kappa shape index (κ3) is 33.2. The molecule has 18 nitrogen and oxygen atoms in total. The highest BCUT2D eigenvalue weighted by Gasteiger charge is 2.54. The molecule has 20 heteroatoms. The van der Waals surface area contributed by atoms with Crippen molar-refractivity contribution >= 4 is 27.6 Å². The lowest BCUT2D eigenvalue weighted by Crippen LogP contribution is -2.64. The molecule has 0 radical (unpaired) electrons. The Bertz CT molecular complexity index is 1740. The standard InChI is InChI=1S/C49H80O18P2/c1-3-5-7-9-11-12-13-14-15-16-17-18-19-20-21-23-29-35-42(52)63-37-41(38-64-69(61,62)67-49-46(56)44(54)45(55)48(47(49)57)66-68(58,59)60)65-43(53)36-30-34-40(51)33-28-25-24-27-32-39(50)31-26-22-10-8-6-4-2/h5,7,11-12,14-15,17-18,22,24-28,32-33,39-41,44-51,54-57H,3-4,6,8-10,13,16,19-21,23,29-31,34-38H2,1-2H3,(H,61,62)(H2,58,59,60)/b7-5-,12-11-,15-14-,18-17-,25-24+,26-22-,32-27+,33-28-/t39-,40-,41+,44?,45?,46?,47?,48+,49-/m0/s1. The minimum absolute atomic E-state index is 0.0340. The van der Waals surface area contributed by atoms with Crippen LogP contribution in [0.2, 0.25) is 0 Å². The molecule has 0 aromatic rings. The van der Waals surface area contributed by atoms with Crippen molar-refractivity contribution in [2.75, 3.05) is 13.2 Å². The molecule has 394 valence electrons. The van der Waals surface area contributed by atoms with Crippen LogP contribution in [0.15, 0.2) is 97.2 Å². The molecule has 0 heterocycles. The summed E-state index contributed by atoms with van der Waals surface area (Å²) >= 11 is 0. The van der Waals surface area contributed by atoms with E-state index in [2.05, 4.69) is 73.1 Å². The molecule has 0 bridgehead atoms. The molecule has 69 heavy (non-hydrogen) atoms. The fourth-order valence-electron chi connectivity index (χ4n) is 6.56. The molecule has 0 saturated heterocycles. The van der Waals surface area contributed by atoms with Gasteiger partial charge in [-0.1, -0.05) is 137 Å². The van der Waals surface area contributed by atoms with Crippen molar-refractivity contribution in [2.24, 2.45) is 0 Å². The minimum Gasteiger partial charge on any atom is -0.462 e. The van der Waals surface area contributed by atoms with Gasteiger partial charge >= 0.3 is 27.6 Å². The number of hydrogen-bond donors (Lipinski definition) is 9.